The van der Waals surface area contributed by atoms with Crippen molar-refractivity contribution in [2.75, 3.05) is 18.8 Å². The molecule has 0 amide bonds. The molecule has 1 N–H and O–H groups in total. The molecule has 0 bridgehead atoms. The van der Waals surface area contributed by atoms with E-state index in [1.807, 2.05) is 6.92 Å². The van der Waals surface area contributed by atoms with Gasteiger partial charge in [-0.15, -0.1) is 0 Å². The van der Waals surface area contributed by atoms with Crippen LogP contribution in [-0.4, -0.2) is 43.6 Å². The van der Waals surface area contributed by atoms with E-state index in [2.05, 4.69) is 12.2 Å². The van der Waals surface area contributed by atoms with Crippen LogP contribution in [0.5, 0.6) is 0 Å². The largest absolute Gasteiger partial charge is 0.311 e. The smallest absolute Gasteiger partial charge is 0.214 e. The number of hydrogen-bond donors (Lipinski definition) is 1. The Morgan fingerprint density at radius 1 is 1.10 bits per heavy atom. The van der Waals surface area contributed by atoms with Gasteiger partial charge in [-0.3, -0.25) is 0 Å². The Hall–Kier alpha value is -0.130. The van der Waals surface area contributed by atoms with E-state index >= 15 is 0 Å². The lowest BCUT2D eigenvalue weighted by molar-refractivity contribution is 0.232. The van der Waals surface area contributed by atoms with E-state index in [1.54, 1.807) is 4.31 Å². The number of nitrogens with zero attached hydrogens (tertiary/aromatic N) is 1. The predicted molar refractivity (Wildman–Crippen MR) is 83.2 cm³/mol. The van der Waals surface area contributed by atoms with Gasteiger partial charge in [-0.05, 0) is 38.0 Å². The molecule has 1 aliphatic heterocycles. The third-order valence-corrected chi connectivity index (χ3v) is 6.79. The second-order valence-electron chi connectivity index (χ2n) is 6.62. The molecule has 20 heavy (non-hydrogen) atoms. The van der Waals surface area contributed by atoms with Crippen LogP contribution in [0.25, 0.3) is 0 Å². The van der Waals surface area contributed by atoms with Crippen molar-refractivity contribution in [1.29, 1.82) is 0 Å². The molecule has 0 radical (unpaired) electrons. The molecule has 0 aromatic heterocycles. The highest BCUT2D eigenvalue weighted by atomic mass is 32.2. The van der Waals surface area contributed by atoms with Gasteiger partial charge in [0.05, 0.1) is 5.75 Å². The lowest BCUT2D eigenvalue weighted by Crippen LogP contribution is -2.49. The summed E-state index contributed by atoms with van der Waals surface area (Å²) in [5.41, 5.74) is 0. The molecule has 0 aromatic carbocycles. The standard InChI is InChI=1S/C15H30N2O2S/c1-3-11-20(18,19)17-9-7-14(8-10-17)16-15-6-4-5-13(2)12-15/h13-16H,3-12H2,1-2H3. The van der Waals surface area contributed by atoms with E-state index < -0.39 is 10.0 Å². The molecule has 1 saturated heterocycles. The van der Waals surface area contributed by atoms with Crippen LogP contribution >= 0.6 is 0 Å². The van der Waals surface area contributed by atoms with E-state index in [0.717, 1.165) is 18.8 Å². The molecule has 2 fully saturated rings. The van der Waals surface area contributed by atoms with Crippen molar-refractivity contribution in [3.8, 4) is 0 Å². The summed E-state index contributed by atoms with van der Waals surface area (Å²) >= 11 is 0. The van der Waals surface area contributed by atoms with Crippen molar-refractivity contribution >= 4 is 10.0 Å². The number of nitrogens with one attached hydrogen (secondary N) is 1. The summed E-state index contributed by atoms with van der Waals surface area (Å²) in [5, 5.41) is 3.77. The predicted octanol–water partition coefficient (Wildman–Crippen LogP) is 2.36. The van der Waals surface area contributed by atoms with Crippen LogP contribution in [0, 0.1) is 5.92 Å². The van der Waals surface area contributed by atoms with Gasteiger partial charge < -0.3 is 5.32 Å². The maximum absolute atomic E-state index is 12.0. The van der Waals surface area contributed by atoms with E-state index in [1.165, 1.54) is 25.7 Å². The first-order valence-corrected chi connectivity index (χ1v) is 9.86. The first-order valence-electron chi connectivity index (χ1n) is 8.25. The molecule has 4 nitrogen and oxygen atoms in total. The third-order valence-electron chi connectivity index (χ3n) is 4.72. The summed E-state index contributed by atoms with van der Waals surface area (Å²) in [6, 6.07) is 1.17. The fourth-order valence-corrected chi connectivity index (χ4v) is 5.15. The normalized spacial score (nSPS) is 30.5. The molecular formula is C15H30N2O2S. The van der Waals surface area contributed by atoms with E-state index in [4.69, 9.17) is 0 Å². The fraction of sp³-hybridized carbons (Fsp3) is 1.00. The second kappa shape index (κ2) is 7.23. The minimum Gasteiger partial charge on any atom is -0.311 e. The van der Waals surface area contributed by atoms with Crippen LogP contribution < -0.4 is 5.32 Å². The lowest BCUT2D eigenvalue weighted by atomic mass is 9.86. The minimum atomic E-state index is -2.99. The van der Waals surface area contributed by atoms with E-state index in [-0.39, 0.29) is 0 Å². The van der Waals surface area contributed by atoms with Crippen molar-refractivity contribution in [2.45, 2.75) is 70.9 Å². The highest BCUT2D eigenvalue weighted by Crippen LogP contribution is 2.25. The van der Waals surface area contributed by atoms with Crippen molar-refractivity contribution in [3.05, 3.63) is 0 Å². The number of piperidine rings is 1. The average molecular weight is 302 g/mol. The first-order chi connectivity index (χ1) is 9.51. The highest BCUT2D eigenvalue weighted by Gasteiger charge is 2.29. The summed E-state index contributed by atoms with van der Waals surface area (Å²) in [6.45, 7) is 5.66. The Morgan fingerprint density at radius 3 is 2.40 bits per heavy atom. The Morgan fingerprint density at radius 2 is 1.80 bits per heavy atom. The van der Waals surface area contributed by atoms with Crippen molar-refractivity contribution in [3.63, 3.8) is 0 Å². The summed E-state index contributed by atoms with van der Waals surface area (Å²) in [5.74, 6) is 1.14. The maximum Gasteiger partial charge on any atom is 0.214 e. The summed E-state index contributed by atoms with van der Waals surface area (Å²) in [6.07, 6.45) is 7.92. The summed E-state index contributed by atoms with van der Waals surface area (Å²) in [7, 11) is -2.99. The Balaban J connectivity index is 1.77. The SMILES string of the molecule is CCCS(=O)(=O)N1CCC(NC2CCCC(C)C2)CC1. The molecule has 2 aliphatic rings. The van der Waals surface area contributed by atoms with Gasteiger partial charge in [-0.2, -0.15) is 0 Å². The molecule has 0 aromatic rings. The van der Waals surface area contributed by atoms with Gasteiger partial charge in [0.2, 0.25) is 10.0 Å². The van der Waals surface area contributed by atoms with E-state index in [9.17, 15) is 8.42 Å². The second-order valence-corrected chi connectivity index (χ2v) is 8.71. The molecule has 2 unspecified atom stereocenters. The Labute approximate surface area is 124 Å². The first kappa shape index (κ1) is 16.2. The zero-order valence-electron chi connectivity index (χ0n) is 13.0. The lowest BCUT2D eigenvalue weighted by Gasteiger charge is -2.36. The maximum atomic E-state index is 12.0. The van der Waals surface area contributed by atoms with Crippen LogP contribution in [-0.2, 0) is 10.0 Å². The minimum absolute atomic E-state index is 0.297. The Kier molecular flexibility index (Phi) is 5.87. The molecule has 2 atom stereocenters. The zero-order chi connectivity index (χ0) is 14.6. The van der Waals surface area contributed by atoms with Gasteiger partial charge in [-0.1, -0.05) is 26.7 Å². The molecular weight excluding hydrogens is 272 g/mol. The van der Waals surface area contributed by atoms with Crippen LogP contribution in [0.15, 0.2) is 0 Å². The van der Waals surface area contributed by atoms with Crippen molar-refractivity contribution in [1.82, 2.24) is 9.62 Å². The average Bonchev–Trinajstić information content (AvgIpc) is 2.39. The summed E-state index contributed by atoms with van der Waals surface area (Å²) < 4.78 is 25.8. The van der Waals surface area contributed by atoms with E-state index in [0.29, 0.717) is 37.3 Å². The molecule has 118 valence electrons. The van der Waals surface area contributed by atoms with Gasteiger partial charge in [0.1, 0.15) is 0 Å². The van der Waals surface area contributed by atoms with Crippen molar-refractivity contribution in [2.24, 2.45) is 5.92 Å². The number of sulfonamides is 1. The van der Waals surface area contributed by atoms with Gasteiger partial charge in [-0.25, -0.2) is 12.7 Å². The van der Waals surface area contributed by atoms with Gasteiger partial charge in [0, 0.05) is 25.2 Å². The number of rotatable bonds is 5. The Bertz CT molecular complexity index is 389. The number of hydrogen-bond acceptors (Lipinski definition) is 3. The molecule has 0 spiro atoms. The van der Waals surface area contributed by atoms with Crippen LogP contribution in [0.2, 0.25) is 0 Å². The summed E-state index contributed by atoms with van der Waals surface area (Å²) in [4.78, 5) is 0. The topological polar surface area (TPSA) is 49.4 Å². The molecule has 1 saturated carbocycles. The van der Waals surface area contributed by atoms with Gasteiger partial charge >= 0.3 is 0 Å². The molecule has 1 aliphatic carbocycles. The van der Waals surface area contributed by atoms with Gasteiger partial charge in [0.15, 0.2) is 0 Å². The van der Waals surface area contributed by atoms with Crippen molar-refractivity contribution < 1.29 is 8.42 Å². The van der Waals surface area contributed by atoms with Crippen LogP contribution in [0.1, 0.15) is 58.8 Å². The highest BCUT2D eigenvalue weighted by molar-refractivity contribution is 7.89. The zero-order valence-corrected chi connectivity index (χ0v) is 13.8. The fourth-order valence-electron chi connectivity index (χ4n) is 3.61. The van der Waals surface area contributed by atoms with Gasteiger partial charge in [0.25, 0.3) is 0 Å². The molecule has 1 heterocycles. The monoisotopic (exact) mass is 302 g/mol. The third kappa shape index (κ3) is 4.43. The molecule has 2 rings (SSSR count). The molecule has 5 heteroatoms. The van der Waals surface area contributed by atoms with Crippen LogP contribution in [0.3, 0.4) is 0 Å². The van der Waals surface area contributed by atoms with Crippen LogP contribution in [0.4, 0.5) is 0 Å². The quantitative estimate of drug-likeness (QED) is 0.848.